The molecule has 1 aliphatic rings. The molecule has 0 aliphatic heterocycles. The Bertz CT molecular complexity index is 493. The second kappa shape index (κ2) is 3.73. The van der Waals surface area contributed by atoms with Crippen molar-refractivity contribution < 1.29 is 19.6 Å². The Balaban J connectivity index is 2.62. The second-order valence-electron chi connectivity index (χ2n) is 4.00. The molecule has 1 saturated carbocycles. The second-order valence-corrected chi connectivity index (χ2v) is 4.00. The molecular weight excluding hydrogens is 226 g/mol. The molecule has 0 unspecified atom stereocenters. The van der Waals surface area contributed by atoms with Crippen LogP contribution in [0.2, 0.25) is 0 Å². The summed E-state index contributed by atoms with van der Waals surface area (Å²) in [7, 11) is 1.33. The summed E-state index contributed by atoms with van der Waals surface area (Å²) >= 11 is 0. The summed E-state index contributed by atoms with van der Waals surface area (Å²) in [5.74, 6) is -0.922. The molecule has 0 spiro atoms. The number of carbonyl (C=O) groups is 1. The van der Waals surface area contributed by atoms with Crippen molar-refractivity contribution in [2.24, 2.45) is 0 Å². The first-order valence-corrected chi connectivity index (χ1v) is 5.08. The molecule has 0 radical (unpaired) electrons. The van der Waals surface area contributed by atoms with Crippen molar-refractivity contribution in [2.75, 3.05) is 7.11 Å². The zero-order chi connectivity index (χ0) is 12.6. The van der Waals surface area contributed by atoms with Gasteiger partial charge < -0.3 is 9.84 Å². The first kappa shape index (κ1) is 11.4. The van der Waals surface area contributed by atoms with Crippen molar-refractivity contribution in [3.63, 3.8) is 0 Å². The summed E-state index contributed by atoms with van der Waals surface area (Å²) in [6.07, 6.45) is 0.854. The van der Waals surface area contributed by atoms with Gasteiger partial charge in [0.05, 0.1) is 23.0 Å². The number of hydrogen-bond donors (Lipinski definition) is 1. The Labute approximate surface area is 97.0 Å². The highest BCUT2D eigenvalue weighted by atomic mass is 16.6. The number of carboxylic acids is 1. The molecule has 6 heteroatoms. The molecule has 0 aromatic heterocycles. The molecule has 2 rings (SSSR count). The zero-order valence-electron chi connectivity index (χ0n) is 9.17. The van der Waals surface area contributed by atoms with Gasteiger partial charge in [0.25, 0.3) is 0 Å². The Morgan fingerprint density at radius 1 is 1.53 bits per heavy atom. The van der Waals surface area contributed by atoms with Gasteiger partial charge in [-0.2, -0.15) is 0 Å². The summed E-state index contributed by atoms with van der Waals surface area (Å²) in [5, 5.41) is 20.2. The van der Waals surface area contributed by atoms with E-state index in [1.165, 1.54) is 19.2 Å². The van der Waals surface area contributed by atoms with Crippen LogP contribution in [0.5, 0.6) is 5.75 Å². The fraction of sp³-hybridized carbons (Fsp3) is 0.364. The van der Waals surface area contributed by atoms with E-state index in [1.54, 1.807) is 6.07 Å². The first-order valence-electron chi connectivity index (χ1n) is 5.08. The Morgan fingerprint density at radius 2 is 2.18 bits per heavy atom. The number of para-hydroxylation sites is 1. The predicted octanol–water partition coefficient (Wildman–Crippen LogP) is 1.72. The lowest BCUT2D eigenvalue weighted by atomic mass is 9.94. The van der Waals surface area contributed by atoms with Crippen molar-refractivity contribution in [3.8, 4) is 5.75 Å². The Kier molecular flexibility index (Phi) is 2.49. The molecule has 0 heterocycles. The van der Waals surface area contributed by atoms with Crippen LogP contribution >= 0.6 is 0 Å². The molecule has 6 nitrogen and oxygen atoms in total. The maximum Gasteiger partial charge on any atom is 0.315 e. The van der Waals surface area contributed by atoms with Crippen LogP contribution in [0.4, 0.5) is 5.69 Å². The minimum atomic E-state index is -1.10. The molecule has 17 heavy (non-hydrogen) atoms. The van der Waals surface area contributed by atoms with Crippen molar-refractivity contribution in [1.82, 2.24) is 0 Å². The third-order valence-corrected chi connectivity index (χ3v) is 3.08. The summed E-state index contributed by atoms with van der Waals surface area (Å²) in [6.45, 7) is 0. The summed E-state index contributed by atoms with van der Waals surface area (Å²) in [4.78, 5) is 21.6. The lowest BCUT2D eigenvalue weighted by molar-refractivity contribution is -0.386. The van der Waals surface area contributed by atoms with Gasteiger partial charge in [-0.25, -0.2) is 0 Å². The molecule has 1 aromatic rings. The van der Waals surface area contributed by atoms with Crippen molar-refractivity contribution >= 4 is 11.7 Å². The lowest BCUT2D eigenvalue weighted by Gasteiger charge is -2.12. The van der Waals surface area contributed by atoms with Gasteiger partial charge in [-0.15, -0.1) is 0 Å². The van der Waals surface area contributed by atoms with Gasteiger partial charge in [0.15, 0.2) is 5.75 Å². The van der Waals surface area contributed by atoms with Gasteiger partial charge in [0, 0.05) is 0 Å². The molecular formula is C11H11NO5. The van der Waals surface area contributed by atoms with Crippen LogP contribution in [-0.4, -0.2) is 23.1 Å². The van der Waals surface area contributed by atoms with E-state index in [2.05, 4.69) is 0 Å². The van der Waals surface area contributed by atoms with Crippen LogP contribution in [0.15, 0.2) is 18.2 Å². The third-order valence-electron chi connectivity index (χ3n) is 3.08. The van der Waals surface area contributed by atoms with Gasteiger partial charge in [0.2, 0.25) is 0 Å². The van der Waals surface area contributed by atoms with Gasteiger partial charge in [-0.05, 0) is 18.9 Å². The normalized spacial score (nSPS) is 16.3. The summed E-state index contributed by atoms with van der Waals surface area (Å²) in [5.41, 5.74) is -1.11. The maximum atomic E-state index is 11.2. The van der Waals surface area contributed by atoms with E-state index in [4.69, 9.17) is 9.84 Å². The molecule has 0 amide bonds. The van der Waals surface area contributed by atoms with Crippen molar-refractivity contribution in [2.45, 2.75) is 18.3 Å². The molecule has 0 saturated heterocycles. The highest BCUT2D eigenvalue weighted by molar-refractivity contribution is 5.87. The SMILES string of the molecule is COc1cccc(C2(C(=O)O)CC2)c1[N+](=O)[O-]. The van der Waals surface area contributed by atoms with Crippen LogP contribution in [0, 0.1) is 10.1 Å². The summed E-state index contributed by atoms with van der Waals surface area (Å²) < 4.78 is 4.92. The average Bonchev–Trinajstić information content (AvgIpc) is 3.08. The monoisotopic (exact) mass is 237 g/mol. The van der Waals surface area contributed by atoms with Crippen LogP contribution in [0.3, 0.4) is 0 Å². The average molecular weight is 237 g/mol. The van der Waals surface area contributed by atoms with Crippen LogP contribution in [0.1, 0.15) is 18.4 Å². The van der Waals surface area contributed by atoms with E-state index in [9.17, 15) is 14.9 Å². The molecule has 1 aliphatic carbocycles. The Morgan fingerprint density at radius 3 is 2.59 bits per heavy atom. The van der Waals surface area contributed by atoms with Crippen molar-refractivity contribution in [1.29, 1.82) is 0 Å². The molecule has 90 valence electrons. The number of hydrogen-bond acceptors (Lipinski definition) is 4. The van der Waals surface area contributed by atoms with Crippen LogP contribution in [0.25, 0.3) is 0 Å². The fourth-order valence-electron chi connectivity index (χ4n) is 1.98. The number of aliphatic carboxylic acids is 1. The number of methoxy groups -OCH3 is 1. The maximum absolute atomic E-state index is 11.2. The number of ether oxygens (including phenoxy) is 1. The molecule has 1 aromatic carbocycles. The van der Waals surface area contributed by atoms with Gasteiger partial charge in [-0.3, -0.25) is 14.9 Å². The van der Waals surface area contributed by atoms with Crippen LogP contribution < -0.4 is 4.74 Å². The Hall–Kier alpha value is -2.11. The lowest BCUT2D eigenvalue weighted by Crippen LogP contribution is -2.21. The topological polar surface area (TPSA) is 89.7 Å². The zero-order valence-corrected chi connectivity index (χ0v) is 9.17. The first-order chi connectivity index (χ1) is 8.03. The highest BCUT2D eigenvalue weighted by Crippen LogP contribution is 2.53. The minimum absolute atomic E-state index is 0.0972. The predicted molar refractivity (Wildman–Crippen MR) is 58.2 cm³/mol. The third kappa shape index (κ3) is 1.61. The number of nitro benzene ring substituents is 1. The number of benzene rings is 1. The molecule has 1 N–H and O–H groups in total. The van der Waals surface area contributed by atoms with E-state index >= 15 is 0 Å². The molecule has 0 atom stereocenters. The van der Waals surface area contributed by atoms with Gasteiger partial charge >= 0.3 is 11.7 Å². The number of nitro groups is 1. The number of carboxylic acid groups (broad SMARTS) is 1. The smallest absolute Gasteiger partial charge is 0.315 e. The number of rotatable bonds is 4. The van der Waals surface area contributed by atoms with E-state index in [1.807, 2.05) is 0 Å². The van der Waals surface area contributed by atoms with E-state index < -0.39 is 16.3 Å². The highest BCUT2D eigenvalue weighted by Gasteiger charge is 2.55. The quantitative estimate of drug-likeness (QED) is 0.636. The van der Waals surface area contributed by atoms with E-state index in [-0.39, 0.29) is 17.0 Å². The van der Waals surface area contributed by atoms with Crippen molar-refractivity contribution in [3.05, 3.63) is 33.9 Å². The number of nitrogens with zero attached hydrogens (tertiary/aromatic N) is 1. The fourth-order valence-corrected chi connectivity index (χ4v) is 1.98. The minimum Gasteiger partial charge on any atom is -0.490 e. The standard InChI is InChI=1S/C11H11NO5/c1-17-8-4-2-3-7(9(8)12(15)16)11(5-6-11)10(13)14/h2-4H,5-6H2,1H3,(H,13,14). The molecule has 0 bridgehead atoms. The van der Waals surface area contributed by atoms with Crippen LogP contribution in [-0.2, 0) is 10.2 Å². The largest absolute Gasteiger partial charge is 0.490 e. The summed E-state index contributed by atoms with van der Waals surface area (Å²) in [6, 6.07) is 4.52. The van der Waals surface area contributed by atoms with Gasteiger partial charge in [0.1, 0.15) is 0 Å². The van der Waals surface area contributed by atoms with Gasteiger partial charge in [-0.1, -0.05) is 12.1 Å². The van der Waals surface area contributed by atoms with E-state index in [0.29, 0.717) is 12.8 Å². The molecule has 1 fully saturated rings. The van der Waals surface area contributed by atoms with E-state index in [0.717, 1.165) is 0 Å².